The first-order valence-electron chi connectivity index (χ1n) is 7.83. The maximum atomic E-state index is 12.6. The fraction of sp³-hybridized carbons (Fsp3) is 0.333. The molecule has 2 heterocycles. The van der Waals surface area contributed by atoms with Gasteiger partial charge in [0.25, 0.3) is 5.91 Å². The van der Waals surface area contributed by atoms with Gasteiger partial charge < -0.3 is 14.4 Å². The number of hydrogen-bond donors (Lipinski definition) is 0. The van der Waals surface area contributed by atoms with E-state index in [1.807, 2.05) is 30.3 Å². The van der Waals surface area contributed by atoms with Crippen LogP contribution in [-0.4, -0.2) is 49.0 Å². The summed E-state index contributed by atoms with van der Waals surface area (Å²) in [5.41, 5.74) is 0. The molecule has 0 aliphatic carbocycles. The summed E-state index contributed by atoms with van der Waals surface area (Å²) in [6.07, 6.45) is -0.157. The molecule has 0 radical (unpaired) electrons. The van der Waals surface area contributed by atoms with Gasteiger partial charge in [0.1, 0.15) is 18.5 Å². The van der Waals surface area contributed by atoms with Crippen LogP contribution in [0.5, 0.6) is 5.75 Å². The van der Waals surface area contributed by atoms with E-state index < -0.39 is 0 Å². The Labute approximate surface area is 144 Å². The summed E-state index contributed by atoms with van der Waals surface area (Å²) in [7, 11) is 0. The van der Waals surface area contributed by atoms with Crippen LogP contribution < -0.4 is 4.74 Å². The normalized spacial score (nSPS) is 17.5. The molecule has 1 aromatic carbocycles. The molecule has 1 saturated heterocycles. The highest BCUT2D eigenvalue weighted by Crippen LogP contribution is 2.20. The van der Waals surface area contributed by atoms with Gasteiger partial charge in [0.15, 0.2) is 5.78 Å². The molecular formula is C18H19NO4S. The monoisotopic (exact) mass is 345 g/mol. The predicted octanol–water partition coefficient (Wildman–Crippen LogP) is 2.87. The van der Waals surface area contributed by atoms with Gasteiger partial charge in [-0.05, 0) is 31.2 Å². The Hall–Kier alpha value is -2.18. The van der Waals surface area contributed by atoms with Crippen molar-refractivity contribution in [2.75, 3.05) is 26.3 Å². The van der Waals surface area contributed by atoms with Crippen LogP contribution in [0.3, 0.4) is 0 Å². The number of hydrogen-bond acceptors (Lipinski definition) is 5. The molecule has 0 spiro atoms. The highest BCUT2D eigenvalue weighted by molar-refractivity contribution is 7.15. The quantitative estimate of drug-likeness (QED) is 0.782. The van der Waals surface area contributed by atoms with Crippen molar-refractivity contribution in [1.29, 1.82) is 0 Å². The molecule has 1 amide bonds. The van der Waals surface area contributed by atoms with E-state index in [0.717, 1.165) is 5.75 Å². The van der Waals surface area contributed by atoms with Crippen molar-refractivity contribution in [2.45, 2.75) is 13.0 Å². The van der Waals surface area contributed by atoms with Crippen LogP contribution in [0.4, 0.5) is 0 Å². The second kappa shape index (κ2) is 7.59. The Morgan fingerprint density at radius 2 is 1.96 bits per heavy atom. The minimum atomic E-state index is -0.157. The van der Waals surface area contributed by atoms with E-state index in [1.165, 1.54) is 18.3 Å². The standard InChI is InChI=1S/C18H19NO4S/c1-13(20)16-7-8-17(24-16)18(21)19-9-10-22-15(11-19)12-23-14-5-3-2-4-6-14/h2-8,15H,9-12H2,1H3. The van der Waals surface area contributed by atoms with E-state index in [4.69, 9.17) is 9.47 Å². The Morgan fingerprint density at radius 1 is 1.21 bits per heavy atom. The molecule has 0 bridgehead atoms. The van der Waals surface area contributed by atoms with Gasteiger partial charge in [-0.1, -0.05) is 18.2 Å². The lowest BCUT2D eigenvalue weighted by atomic mass is 10.2. The fourth-order valence-corrected chi connectivity index (χ4v) is 3.38. The summed E-state index contributed by atoms with van der Waals surface area (Å²) in [4.78, 5) is 26.9. The summed E-state index contributed by atoms with van der Waals surface area (Å²) in [5, 5.41) is 0. The zero-order valence-corrected chi connectivity index (χ0v) is 14.3. The lowest BCUT2D eigenvalue weighted by Crippen LogP contribution is -2.47. The molecule has 1 unspecified atom stereocenters. The summed E-state index contributed by atoms with van der Waals surface area (Å²) < 4.78 is 11.4. The number of carbonyl (C=O) groups is 2. The number of Topliss-reactive ketones (excluding diaryl/α,β-unsaturated/α-hetero) is 1. The van der Waals surface area contributed by atoms with Crippen molar-refractivity contribution in [1.82, 2.24) is 4.90 Å². The molecule has 1 aromatic heterocycles. The molecule has 1 aliphatic heterocycles. The number of morpholine rings is 1. The predicted molar refractivity (Wildman–Crippen MR) is 91.9 cm³/mol. The maximum Gasteiger partial charge on any atom is 0.264 e. The summed E-state index contributed by atoms with van der Waals surface area (Å²) in [6.45, 7) is 3.43. The molecule has 3 rings (SSSR count). The maximum absolute atomic E-state index is 12.6. The van der Waals surface area contributed by atoms with Crippen molar-refractivity contribution in [3.63, 3.8) is 0 Å². The van der Waals surface area contributed by atoms with Crippen molar-refractivity contribution in [2.24, 2.45) is 0 Å². The Morgan fingerprint density at radius 3 is 2.67 bits per heavy atom. The van der Waals surface area contributed by atoms with Crippen LogP contribution in [0.15, 0.2) is 42.5 Å². The number of para-hydroxylation sites is 1. The lowest BCUT2D eigenvalue weighted by molar-refractivity contribution is -0.0399. The van der Waals surface area contributed by atoms with Gasteiger partial charge >= 0.3 is 0 Å². The molecule has 1 atom stereocenters. The second-order valence-electron chi connectivity index (χ2n) is 5.59. The van der Waals surface area contributed by atoms with E-state index in [1.54, 1.807) is 17.0 Å². The van der Waals surface area contributed by atoms with E-state index in [9.17, 15) is 9.59 Å². The Bertz CT molecular complexity index is 713. The summed E-state index contributed by atoms with van der Waals surface area (Å²) in [5.74, 6) is 0.713. The lowest BCUT2D eigenvalue weighted by Gasteiger charge is -2.32. The zero-order chi connectivity index (χ0) is 16.9. The molecular weight excluding hydrogens is 326 g/mol. The van der Waals surface area contributed by atoms with Crippen molar-refractivity contribution in [3.05, 3.63) is 52.2 Å². The Kier molecular flexibility index (Phi) is 5.27. The molecule has 0 saturated carbocycles. The van der Waals surface area contributed by atoms with Gasteiger partial charge in [-0.15, -0.1) is 11.3 Å². The average Bonchev–Trinajstić information content (AvgIpc) is 3.11. The van der Waals surface area contributed by atoms with Crippen LogP contribution in [0, 0.1) is 0 Å². The minimum Gasteiger partial charge on any atom is -0.491 e. The molecule has 0 N–H and O–H groups in total. The summed E-state index contributed by atoms with van der Waals surface area (Å²) >= 11 is 1.24. The third kappa shape index (κ3) is 4.01. The van der Waals surface area contributed by atoms with Gasteiger partial charge in [0.2, 0.25) is 0 Å². The first-order chi connectivity index (χ1) is 11.6. The largest absolute Gasteiger partial charge is 0.491 e. The molecule has 2 aromatic rings. The van der Waals surface area contributed by atoms with Crippen LogP contribution in [0.2, 0.25) is 0 Å². The second-order valence-corrected chi connectivity index (χ2v) is 6.67. The van der Waals surface area contributed by atoms with E-state index >= 15 is 0 Å². The number of ketones is 1. The smallest absolute Gasteiger partial charge is 0.264 e. The van der Waals surface area contributed by atoms with E-state index in [-0.39, 0.29) is 17.8 Å². The molecule has 5 nitrogen and oxygen atoms in total. The van der Waals surface area contributed by atoms with Gasteiger partial charge in [-0.2, -0.15) is 0 Å². The number of ether oxygens (including phenoxy) is 2. The fourth-order valence-electron chi connectivity index (χ4n) is 2.51. The Balaban J connectivity index is 1.58. The molecule has 6 heteroatoms. The summed E-state index contributed by atoms with van der Waals surface area (Å²) in [6, 6.07) is 13.0. The van der Waals surface area contributed by atoms with E-state index in [2.05, 4.69) is 0 Å². The minimum absolute atomic E-state index is 0.0184. The molecule has 1 aliphatic rings. The zero-order valence-electron chi connectivity index (χ0n) is 13.4. The first kappa shape index (κ1) is 16.7. The van der Waals surface area contributed by atoms with Crippen LogP contribution in [0.25, 0.3) is 0 Å². The first-order valence-corrected chi connectivity index (χ1v) is 8.64. The molecule has 1 fully saturated rings. The van der Waals surface area contributed by atoms with Crippen molar-refractivity contribution < 1.29 is 19.1 Å². The average molecular weight is 345 g/mol. The SMILES string of the molecule is CC(=O)c1ccc(C(=O)N2CCOC(COc3ccccc3)C2)s1. The number of amides is 1. The number of carbonyl (C=O) groups excluding carboxylic acids is 2. The number of thiophene rings is 1. The molecule has 126 valence electrons. The van der Waals surface area contributed by atoms with Gasteiger partial charge in [0, 0.05) is 6.54 Å². The third-order valence-electron chi connectivity index (χ3n) is 3.77. The van der Waals surface area contributed by atoms with Crippen LogP contribution in [0.1, 0.15) is 26.3 Å². The number of benzene rings is 1. The topological polar surface area (TPSA) is 55.8 Å². The van der Waals surface area contributed by atoms with Crippen molar-refractivity contribution in [3.8, 4) is 5.75 Å². The third-order valence-corrected chi connectivity index (χ3v) is 4.94. The highest BCUT2D eigenvalue weighted by atomic mass is 32.1. The van der Waals surface area contributed by atoms with Gasteiger partial charge in [-0.3, -0.25) is 9.59 Å². The van der Waals surface area contributed by atoms with Gasteiger partial charge in [0.05, 0.1) is 22.9 Å². The van der Waals surface area contributed by atoms with Crippen molar-refractivity contribution >= 4 is 23.0 Å². The van der Waals surface area contributed by atoms with E-state index in [0.29, 0.717) is 36.1 Å². The molecule has 24 heavy (non-hydrogen) atoms. The van der Waals surface area contributed by atoms with Crippen LogP contribution >= 0.6 is 11.3 Å². The van der Waals surface area contributed by atoms with Crippen LogP contribution in [-0.2, 0) is 4.74 Å². The van der Waals surface area contributed by atoms with Gasteiger partial charge in [-0.25, -0.2) is 0 Å². The highest BCUT2D eigenvalue weighted by Gasteiger charge is 2.26. The number of nitrogens with zero attached hydrogens (tertiary/aromatic N) is 1. The number of rotatable bonds is 5.